The second-order valence-corrected chi connectivity index (χ2v) is 7.97. The number of carbonyl (C=O) groups excluding carboxylic acids is 3. The standard InChI is InChI=1S/C25H29N3O4/c1-17-9-10-21(15-18(17)2)19(3)26-23(29)16-32-25(31)12-11-24(30)28-14-13-22(27-28)20-7-5-4-6-8-20/h4-10,15,19H,11-14,16H2,1-3H3,(H,26,29). The van der Waals surface area contributed by atoms with Gasteiger partial charge in [0.25, 0.3) is 5.91 Å². The van der Waals surface area contributed by atoms with Crippen LogP contribution in [0.3, 0.4) is 0 Å². The fraction of sp³-hybridized carbons (Fsp3) is 0.360. The molecule has 0 aliphatic carbocycles. The van der Waals surface area contributed by atoms with Gasteiger partial charge in [-0.2, -0.15) is 5.10 Å². The SMILES string of the molecule is Cc1ccc(C(C)NC(=O)COC(=O)CCC(=O)N2CCC(c3ccccc3)=N2)cc1C. The number of benzene rings is 2. The molecule has 2 aromatic rings. The number of hydrazone groups is 1. The summed E-state index contributed by atoms with van der Waals surface area (Å²) in [5.74, 6) is -1.20. The molecule has 1 N–H and O–H groups in total. The van der Waals surface area contributed by atoms with Crippen LogP contribution in [0.1, 0.15) is 54.5 Å². The first-order valence-corrected chi connectivity index (χ1v) is 10.8. The maximum Gasteiger partial charge on any atom is 0.306 e. The molecule has 0 fully saturated rings. The smallest absolute Gasteiger partial charge is 0.306 e. The van der Waals surface area contributed by atoms with Gasteiger partial charge in [0.05, 0.1) is 24.7 Å². The normalized spacial score (nSPS) is 14.0. The lowest BCUT2D eigenvalue weighted by Gasteiger charge is -2.16. The molecule has 1 aliphatic rings. The molecule has 168 valence electrons. The van der Waals surface area contributed by atoms with E-state index in [2.05, 4.69) is 10.4 Å². The highest BCUT2D eigenvalue weighted by Gasteiger charge is 2.22. The van der Waals surface area contributed by atoms with Crippen LogP contribution in [-0.4, -0.2) is 41.7 Å². The summed E-state index contributed by atoms with van der Waals surface area (Å²) in [6.45, 7) is 6.05. The molecule has 0 radical (unpaired) electrons. The fourth-order valence-corrected chi connectivity index (χ4v) is 3.43. The molecule has 1 heterocycles. The van der Waals surface area contributed by atoms with Gasteiger partial charge in [-0.25, -0.2) is 5.01 Å². The predicted molar refractivity (Wildman–Crippen MR) is 122 cm³/mol. The van der Waals surface area contributed by atoms with Crippen molar-refractivity contribution < 1.29 is 19.1 Å². The number of nitrogens with one attached hydrogen (secondary N) is 1. The van der Waals surface area contributed by atoms with Crippen molar-refractivity contribution in [1.29, 1.82) is 0 Å². The summed E-state index contributed by atoms with van der Waals surface area (Å²) >= 11 is 0. The van der Waals surface area contributed by atoms with Gasteiger partial charge in [-0.1, -0.05) is 48.5 Å². The third kappa shape index (κ3) is 6.26. The largest absolute Gasteiger partial charge is 0.456 e. The van der Waals surface area contributed by atoms with Crippen molar-refractivity contribution >= 4 is 23.5 Å². The molecule has 7 heteroatoms. The van der Waals surface area contributed by atoms with E-state index < -0.39 is 5.97 Å². The van der Waals surface area contributed by atoms with Crippen molar-refractivity contribution in [2.24, 2.45) is 5.10 Å². The van der Waals surface area contributed by atoms with Gasteiger partial charge in [0.15, 0.2) is 6.61 Å². The molecule has 7 nitrogen and oxygen atoms in total. The monoisotopic (exact) mass is 435 g/mol. The molecule has 2 aromatic carbocycles. The maximum atomic E-state index is 12.4. The quantitative estimate of drug-likeness (QED) is 0.644. The Hall–Kier alpha value is -3.48. The van der Waals surface area contributed by atoms with Crippen LogP contribution in [0.2, 0.25) is 0 Å². The minimum Gasteiger partial charge on any atom is -0.456 e. The summed E-state index contributed by atoms with van der Waals surface area (Å²) in [4.78, 5) is 36.5. The van der Waals surface area contributed by atoms with Crippen LogP contribution in [0.25, 0.3) is 0 Å². The van der Waals surface area contributed by atoms with Crippen LogP contribution < -0.4 is 5.32 Å². The zero-order chi connectivity index (χ0) is 23.1. The van der Waals surface area contributed by atoms with Gasteiger partial charge < -0.3 is 10.1 Å². The zero-order valence-corrected chi connectivity index (χ0v) is 18.8. The Morgan fingerprint density at radius 3 is 2.53 bits per heavy atom. The van der Waals surface area contributed by atoms with E-state index in [1.165, 1.54) is 10.6 Å². The molecule has 3 rings (SSSR count). The van der Waals surface area contributed by atoms with Crippen molar-refractivity contribution in [1.82, 2.24) is 10.3 Å². The van der Waals surface area contributed by atoms with Gasteiger partial charge in [0.2, 0.25) is 5.91 Å². The Morgan fingerprint density at radius 1 is 1.06 bits per heavy atom. The van der Waals surface area contributed by atoms with Crippen LogP contribution in [-0.2, 0) is 19.1 Å². The fourth-order valence-electron chi connectivity index (χ4n) is 3.43. The summed E-state index contributed by atoms with van der Waals surface area (Å²) in [7, 11) is 0. The molecule has 0 bridgehead atoms. The van der Waals surface area contributed by atoms with Crippen molar-refractivity contribution in [2.75, 3.05) is 13.2 Å². The highest BCUT2D eigenvalue weighted by Crippen LogP contribution is 2.17. The predicted octanol–water partition coefficient (Wildman–Crippen LogP) is 3.44. The third-order valence-corrected chi connectivity index (χ3v) is 5.51. The molecule has 1 aliphatic heterocycles. The second kappa shape index (κ2) is 10.7. The van der Waals surface area contributed by atoms with Crippen LogP contribution >= 0.6 is 0 Å². The van der Waals surface area contributed by atoms with Crippen LogP contribution in [0.5, 0.6) is 0 Å². The maximum absolute atomic E-state index is 12.4. The Balaban J connectivity index is 1.39. The highest BCUT2D eigenvalue weighted by molar-refractivity contribution is 6.02. The van der Waals surface area contributed by atoms with E-state index in [0.29, 0.717) is 13.0 Å². The van der Waals surface area contributed by atoms with E-state index in [-0.39, 0.29) is 37.3 Å². The first-order valence-electron chi connectivity index (χ1n) is 10.8. The Morgan fingerprint density at radius 2 is 1.81 bits per heavy atom. The van der Waals surface area contributed by atoms with Crippen LogP contribution in [0.4, 0.5) is 0 Å². The van der Waals surface area contributed by atoms with E-state index >= 15 is 0 Å². The molecule has 1 unspecified atom stereocenters. The molecule has 1 atom stereocenters. The highest BCUT2D eigenvalue weighted by atomic mass is 16.5. The minimum atomic E-state index is -0.584. The van der Waals surface area contributed by atoms with E-state index in [4.69, 9.17) is 4.74 Å². The minimum absolute atomic E-state index is 0.00886. The molecule has 0 aromatic heterocycles. The number of ether oxygens (including phenoxy) is 1. The summed E-state index contributed by atoms with van der Waals surface area (Å²) in [5.41, 5.74) is 5.17. The van der Waals surface area contributed by atoms with Gasteiger partial charge >= 0.3 is 5.97 Å². The van der Waals surface area contributed by atoms with E-state index in [9.17, 15) is 14.4 Å². The molecule has 0 saturated carbocycles. The number of nitrogens with zero attached hydrogens (tertiary/aromatic N) is 2. The van der Waals surface area contributed by atoms with Gasteiger partial charge in [-0.15, -0.1) is 0 Å². The summed E-state index contributed by atoms with van der Waals surface area (Å²) < 4.78 is 5.03. The number of rotatable bonds is 8. The zero-order valence-electron chi connectivity index (χ0n) is 18.8. The molecular formula is C25H29N3O4. The molecule has 0 saturated heterocycles. The number of amides is 2. The molecule has 0 spiro atoms. The summed E-state index contributed by atoms with van der Waals surface area (Å²) in [6.07, 6.45) is 0.579. The van der Waals surface area contributed by atoms with Crippen LogP contribution in [0.15, 0.2) is 53.6 Å². The van der Waals surface area contributed by atoms with Gasteiger partial charge in [0, 0.05) is 12.8 Å². The Kier molecular flexibility index (Phi) is 7.76. The van der Waals surface area contributed by atoms with E-state index in [1.54, 1.807) is 0 Å². The van der Waals surface area contributed by atoms with Crippen molar-refractivity contribution in [3.8, 4) is 0 Å². The first-order chi connectivity index (χ1) is 15.3. The Bertz CT molecular complexity index is 1020. The molecule has 2 amide bonds. The average Bonchev–Trinajstić information content (AvgIpc) is 3.29. The van der Waals surface area contributed by atoms with Crippen molar-refractivity contribution in [2.45, 2.75) is 46.1 Å². The Labute approximate surface area is 188 Å². The van der Waals surface area contributed by atoms with Gasteiger partial charge in [-0.05, 0) is 43.0 Å². The topological polar surface area (TPSA) is 88.1 Å². The third-order valence-electron chi connectivity index (χ3n) is 5.51. The van der Waals surface area contributed by atoms with E-state index in [1.807, 2.05) is 69.3 Å². The lowest BCUT2D eigenvalue weighted by Crippen LogP contribution is -2.31. The average molecular weight is 436 g/mol. The number of hydrogen-bond donors (Lipinski definition) is 1. The second-order valence-electron chi connectivity index (χ2n) is 7.97. The molecular weight excluding hydrogens is 406 g/mol. The van der Waals surface area contributed by atoms with Crippen molar-refractivity contribution in [3.63, 3.8) is 0 Å². The number of carbonyl (C=O) groups is 3. The number of hydrogen-bond acceptors (Lipinski definition) is 5. The lowest BCUT2D eigenvalue weighted by atomic mass is 10.0. The van der Waals surface area contributed by atoms with Crippen LogP contribution in [0, 0.1) is 13.8 Å². The van der Waals surface area contributed by atoms with Gasteiger partial charge in [-0.3, -0.25) is 14.4 Å². The summed E-state index contributed by atoms with van der Waals surface area (Å²) in [6, 6.07) is 15.5. The lowest BCUT2D eigenvalue weighted by molar-refractivity contribution is -0.150. The molecule has 32 heavy (non-hydrogen) atoms. The number of esters is 1. The first kappa shape index (κ1) is 23.2. The van der Waals surface area contributed by atoms with E-state index in [0.717, 1.165) is 22.4 Å². The summed E-state index contributed by atoms with van der Waals surface area (Å²) in [5, 5.41) is 8.58. The van der Waals surface area contributed by atoms with Gasteiger partial charge in [0.1, 0.15) is 0 Å². The van der Waals surface area contributed by atoms with Crippen molar-refractivity contribution in [3.05, 3.63) is 70.8 Å². The number of aryl methyl sites for hydroxylation is 2.